The number of thioether (sulfide) groups is 2. The van der Waals surface area contributed by atoms with E-state index in [1.807, 2.05) is 12.5 Å². The molecule has 2 nitrogen and oxygen atoms in total. The molecule has 0 N–H and O–H groups in total. The molecule has 5 heteroatoms. The fourth-order valence-corrected chi connectivity index (χ4v) is 6.69. The van der Waals surface area contributed by atoms with Gasteiger partial charge in [-0.25, -0.2) is 4.98 Å². The third-order valence-electron chi connectivity index (χ3n) is 4.01. The second kappa shape index (κ2) is 7.45. The molecule has 1 aliphatic rings. The summed E-state index contributed by atoms with van der Waals surface area (Å²) in [5, 5.41) is 0.762. The molecule has 1 aromatic heterocycles. The smallest absolute Gasteiger partial charge is 0.0945 e. The Morgan fingerprint density at radius 2 is 2.14 bits per heavy atom. The largest absolute Gasteiger partial charge is 0.337 e. The van der Waals surface area contributed by atoms with Gasteiger partial charge in [-0.1, -0.05) is 35.0 Å². The van der Waals surface area contributed by atoms with Crippen molar-refractivity contribution >= 4 is 39.5 Å². The van der Waals surface area contributed by atoms with Crippen LogP contribution in [0.5, 0.6) is 0 Å². The highest BCUT2D eigenvalue weighted by Gasteiger charge is 2.38. The summed E-state index contributed by atoms with van der Waals surface area (Å²) in [7, 11) is 0. The molecular formula is C17H21BrN2S2. The first-order chi connectivity index (χ1) is 10.7. The van der Waals surface area contributed by atoms with Crippen LogP contribution < -0.4 is 0 Å². The Morgan fingerprint density at radius 1 is 1.32 bits per heavy atom. The molecule has 0 saturated carbocycles. The first-order valence-electron chi connectivity index (χ1n) is 7.67. The average Bonchev–Trinajstić information content (AvgIpc) is 3.15. The SMILES string of the molecule is CC1CSC(CCc2ccc(Br)cc2)(CCn2ccnc2)S1. The van der Waals surface area contributed by atoms with Crippen molar-refractivity contribution in [2.24, 2.45) is 0 Å². The monoisotopic (exact) mass is 396 g/mol. The highest BCUT2D eigenvalue weighted by Crippen LogP contribution is 2.53. The van der Waals surface area contributed by atoms with Crippen molar-refractivity contribution < 1.29 is 0 Å². The number of benzene rings is 1. The molecule has 2 atom stereocenters. The van der Waals surface area contributed by atoms with Crippen molar-refractivity contribution in [1.82, 2.24) is 9.55 Å². The van der Waals surface area contributed by atoms with Crippen LogP contribution >= 0.6 is 39.5 Å². The first-order valence-corrected chi connectivity index (χ1v) is 10.3. The lowest BCUT2D eigenvalue weighted by Crippen LogP contribution is -2.21. The van der Waals surface area contributed by atoms with Crippen LogP contribution in [-0.4, -0.2) is 24.6 Å². The van der Waals surface area contributed by atoms with Gasteiger partial charge in [-0.3, -0.25) is 0 Å². The molecule has 0 amide bonds. The summed E-state index contributed by atoms with van der Waals surface area (Å²) < 4.78 is 3.71. The van der Waals surface area contributed by atoms with Gasteiger partial charge in [0, 0.05) is 34.4 Å². The molecule has 118 valence electrons. The van der Waals surface area contributed by atoms with Gasteiger partial charge in [-0.05, 0) is 37.0 Å². The van der Waals surface area contributed by atoms with Crippen molar-refractivity contribution in [3.05, 3.63) is 53.0 Å². The van der Waals surface area contributed by atoms with Crippen molar-refractivity contribution in [1.29, 1.82) is 0 Å². The molecule has 0 bridgehead atoms. The third-order valence-corrected chi connectivity index (χ3v) is 8.40. The molecule has 2 aromatic rings. The van der Waals surface area contributed by atoms with E-state index in [1.165, 1.54) is 24.2 Å². The van der Waals surface area contributed by atoms with E-state index in [0.29, 0.717) is 4.08 Å². The third kappa shape index (κ3) is 4.33. The molecule has 1 aliphatic heterocycles. The number of hydrogen-bond donors (Lipinski definition) is 0. The van der Waals surface area contributed by atoms with Gasteiger partial charge in [0.05, 0.1) is 10.4 Å². The zero-order valence-corrected chi connectivity index (χ0v) is 16.0. The minimum Gasteiger partial charge on any atom is -0.337 e. The molecular weight excluding hydrogens is 376 g/mol. The van der Waals surface area contributed by atoms with Crippen LogP contribution in [-0.2, 0) is 13.0 Å². The Bertz CT molecular complexity index is 585. The van der Waals surface area contributed by atoms with Crippen LogP contribution in [0, 0.1) is 0 Å². The average molecular weight is 397 g/mol. The highest BCUT2D eigenvalue weighted by atomic mass is 79.9. The molecule has 22 heavy (non-hydrogen) atoms. The zero-order chi connectivity index (χ0) is 15.4. The maximum Gasteiger partial charge on any atom is 0.0945 e. The summed E-state index contributed by atoms with van der Waals surface area (Å²) in [6.07, 6.45) is 9.46. The summed E-state index contributed by atoms with van der Waals surface area (Å²) in [5.41, 5.74) is 1.44. The molecule has 3 rings (SSSR count). The van der Waals surface area contributed by atoms with E-state index >= 15 is 0 Å². The van der Waals surface area contributed by atoms with E-state index in [4.69, 9.17) is 0 Å². The molecule has 1 aromatic carbocycles. The minimum atomic E-state index is 0.358. The van der Waals surface area contributed by atoms with Gasteiger partial charge >= 0.3 is 0 Å². The van der Waals surface area contributed by atoms with Crippen LogP contribution in [0.25, 0.3) is 0 Å². The molecule has 0 aliphatic carbocycles. The number of hydrogen-bond acceptors (Lipinski definition) is 3. The number of halogens is 1. The fourth-order valence-electron chi connectivity index (χ4n) is 2.80. The lowest BCUT2D eigenvalue weighted by Gasteiger charge is -2.28. The van der Waals surface area contributed by atoms with Crippen LogP contribution in [0.15, 0.2) is 47.5 Å². The molecule has 1 fully saturated rings. The molecule has 1 saturated heterocycles. The predicted octanol–water partition coefficient (Wildman–Crippen LogP) is 5.23. The lowest BCUT2D eigenvalue weighted by molar-refractivity contribution is 0.574. The quantitative estimate of drug-likeness (QED) is 0.665. The molecule has 0 radical (unpaired) electrons. The van der Waals surface area contributed by atoms with Gasteiger partial charge in [0.2, 0.25) is 0 Å². The van der Waals surface area contributed by atoms with E-state index in [-0.39, 0.29) is 0 Å². The molecule has 2 unspecified atom stereocenters. The van der Waals surface area contributed by atoms with Crippen LogP contribution in [0.4, 0.5) is 0 Å². The van der Waals surface area contributed by atoms with Gasteiger partial charge in [-0.2, -0.15) is 0 Å². The zero-order valence-electron chi connectivity index (χ0n) is 12.7. The van der Waals surface area contributed by atoms with E-state index in [2.05, 4.69) is 86.4 Å². The van der Waals surface area contributed by atoms with Crippen LogP contribution in [0.1, 0.15) is 25.3 Å². The van der Waals surface area contributed by atoms with E-state index in [0.717, 1.165) is 22.7 Å². The van der Waals surface area contributed by atoms with Crippen LogP contribution in [0.3, 0.4) is 0 Å². The first kappa shape index (κ1) is 16.5. The fraction of sp³-hybridized carbons (Fsp3) is 0.471. The number of aryl methyl sites for hydroxylation is 2. The molecule has 0 spiro atoms. The van der Waals surface area contributed by atoms with Crippen molar-refractivity contribution in [3.8, 4) is 0 Å². The lowest BCUT2D eigenvalue weighted by atomic mass is 10.1. The molecule has 2 heterocycles. The Kier molecular flexibility index (Phi) is 5.58. The van der Waals surface area contributed by atoms with Crippen LogP contribution in [0.2, 0.25) is 0 Å². The highest BCUT2D eigenvalue weighted by molar-refractivity contribution is 9.10. The van der Waals surface area contributed by atoms with Crippen molar-refractivity contribution in [3.63, 3.8) is 0 Å². The number of rotatable bonds is 6. The standard InChI is InChI=1S/C17H21BrN2S2/c1-14-12-21-17(22-14,8-10-20-11-9-19-13-20)7-6-15-2-4-16(18)5-3-15/h2-5,9,11,13-14H,6-8,10,12H2,1H3. The van der Waals surface area contributed by atoms with Gasteiger partial charge in [0.1, 0.15) is 0 Å². The Balaban J connectivity index is 1.62. The summed E-state index contributed by atoms with van der Waals surface area (Å²) >= 11 is 7.85. The number of imidazole rings is 1. The topological polar surface area (TPSA) is 17.8 Å². The van der Waals surface area contributed by atoms with Crippen molar-refractivity contribution in [2.75, 3.05) is 5.75 Å². The Hall–Kier alpha value is -0.390. The van der Waals surface area contributed by atoms with Gasteiger partial charge in [0.25, 0.3) is 0 Å². The summed E-state index contributed by atoms with van der Waals surface area (Å²) in [5.74, 6) is 1.27. The predicted molar refractivity (Wildman–Crippen MR) is 102 cm³/mol. The van der Waals surface area contributed by atoms with E-state index < -0.39 is 0 Å². The van der Waals surface area contributed by atoms with E-state index in [9.17, 15) is 0 Å². The van der Waals surface area contributed by atoms with E-state index in [1.54, 1.807) is 0 Å². The maximum atomic E-state index is 4.15. The second-order valence-electron chi connectivity index (χ2n) is 5.83. The van der Waals surface area contributed by atoms with Gasteiger partial charge in [0.15, 0.2) is 0 Å². The second-order valence-corrected chi connectivity index (χ2v) is 10.2. The summed E-state index contributed by atoms with van der Waals surface area (Å²) in [6.45, 7) is 3.42. The Labute approximate surface area is 149 Å². The number of aromatic nitrogens is 2. The summed E-state index contributed by atoms with van der Waals surface area (Å²) in [6, 6.07) is 8.76. The minimum absolute atomic E-state index is 0.358. The number of nitrogens with zero attached hydrogens (tertiary/aromatic N) is 2. The van der Waals surface area contributed by atoms with Gasteiger partial charge in [-0.15, -0.1) is 23.5 Å². The maximum absolute atomic E-state index is 4.15. The summed E-state index contributed by atoms with van der Waals surface area (Å²) in [4.78, 5) is 4.15. The van der Waals surface area contributed by atoms with Crippen molar-refractivity contribution in [2.45, 2.75) is 42.1 Å². The Morgan fingerprint density at radius 3 is 2.77 bits per heavy atom. The van der Waals surface area contributed by atoms with Gasteiger partial charge < -0.3 is 4.57 Å². The normalized spacial score (nSPS) is 24.7.